The molecule has 0 unspecified atom stereocenters. The molecule has 6 rings (SSSR count). The van der Waals surface area contributed by atoms with Crippen LogP contribution in [-0.4, -0.2) is 46.9 Å². The predicted octanol–water partition coefficient (Wildman–Crippen LogP) is 6.76. The van der Waals surface area contributed by atoms with Crippen LogP contribution in [0.4, 0.5) is 0 Å². The predicted molar refractivity (Wildman–Crippen MR) is 154 cm³/mol. The fourth-order valence-corrected chi connectivity index (χ4v) is 5.46. The second-order valence-electron chi connectivity index (χ2n) is 9.99. The molecule has 0 atom stereocenters. The lowest BCUT2D eigenvalue weighted by atomic mass is 9.96. The summed E-state index contributed by atoms with van der Waals surface area (Å²) in [6.45, 7) is 5.07. The first-order valence-corrected chi connectivity index (χ1v) is 13.3. The molecular formula is C34H31N3O. The van der Waals surface area contributed by atoms with Crippen molar-refractivity contribution in [3.05, 3.63) is 138 Å². The number of carbonyl (C=O) groups excluding carboxylic acids is 1. The van der Waals surface area contributed by atoms with Crippen LogP contribution in [0, 0.1) is 6.92 Å². The van der Waals surface area contributed by atoms with Crippen molar-refractivity contribution in [3.8, 4) is 11.3 Å². The van der Waals surface area contributed by atoms with Crippen molar-refractivity contribution in [2.24, 2.45) is 0 Å². The van der Waals surface area contributed by atoms with Crippen molar-refractivity contribution in [1.82, 2.24) is 14.8 Å². The van der Waals surface area contributed by atoms with Gasteiger partial charge in [-0.1, -0.05) is 109 Å². The summed E-state index contributed by atoms with van der Waals surface area (Å²) < 4.78 is 0. The van der Waals surface area contributed by atoms with Crippen LogP contribution >= 0.6 is 0 Å². The van der Waals surface area contributed by atoms with E-state index in [9.17, 15) is 4.79 Å². The molecule has 1 saturated heterocycles. The Morgan fingerprint density at radius 1 is 0.711 bits per heavy atom. The normalized spacial score (nSPS) is 14.2. The fraction of sp³-hybridized carbons (Fsp3) is 0.176. The third-order valence-corrected chi connectivity index (χ3v) is 7.49. The fourth-order valence-electron chi connectivity index (χ4n) is 5.46. The summed E-state index contributed by atoms with van der Waals surface area (Å²) in [5, 5.41) is 0.905. The first-order valence-electron chi connectivity index (χ1n) is 13.3. The zero-order valence-corrected chi connectivity index (χ0v) is 21.6. The van der Waals surface area contributed by atoms with Crippen LogP contribution in [-0.2, 0) is 0 Å². The number of carbonyl (C=O) groups is 1. The number of hydrogen-bond acceptors (Lipinski definition) is 3. The highest BCUT2D eigenvalue weighted by molar-refractivity contribution is 6.07. The zero-order chi connectivity index (χ0) is 25.9. The first-order chi connectivity index (χ1) is 18.7. The van der Waals surface area contributed by atoms with Gasteiger partial charge in [-0.2, -0.15) is 0 Å². The molecule has 0 bridgehead atoms. The minimum Gasteiger partial charge on any atom is -0.336 e. The zero-order valence-electron chi connectivity index (χ0n) is 21.6. The third kappa shape index (κ3) is 4.83. The lowest BCUT2D eigenvalue weighted by molar-refractivity contribution is 0.0599. The Morgan fingerprint density at radius 3 is 1.92 bits per heavy atom. The Morgan fingerprint density at radius 2 is 1.29 bits per heavy atom. The van der Waals surface area contributed by atoms with Crippen LogP contribution in [0.25, 0.3) is 22.2 Å². The van der Waals surface area contributed by atoms with Crippen LogP contribution in [0.2, 0.25) is 0 Å². The summed E-state index contributed by atoms with van der Waals surface area (Å²) in [6, 6.07) is 39.8. The molecule has 1 aliphatic rings. The molecule has 4 aromatic carbocycles. The van der Waals surface area contributed by atoms with E-state index in [2.05, 4.69) is 96.8 Å². The molecule has 0 saturated carbocycles. The van der Waals surface area contributed by atoms with Crippen molar-refractivity contribution in [3.63, 3.8) is 0 Å². The minimum atomic E-state index is 0.0765. The maximum atomic E-state index is 13.9. The van der Waals surface area contributed by atoms with Crippen LogP contribution in [0.3, 0.4) is 0 Å². The van der Waals surface area contributed by atoms with Crippen LogP contribution in [0.5, 0.6) is 0 Å². The van der Waals surface area contributed by atoms with Gasteiger partial charge in [-0.15, -0.1) is 0 Å². The van der Waals surface area contributed by atoms with Crippen LogP contribution in [0.1, 0.15) is 33.1 Å². The van der Waals surface area contributed by atoms with E-state index in [1.807, 2.05) is 35.2 Å². The van der Waals surface area contributed by atoms with Gasteiger partial charge >= 0.3 is 0 Å². The minimum absolute atomic E-state index is 0.0765. The number of fused-ring (bicyclic) bond motifs is 1. The summed E-state index contributed by atoms with van der Waals surface area (Å²) in [6.07, 6.45) is 0. The Kier molecular flexibility index (Phi) is 6.72. The van der Waals surface area contributed by atoms with Gasteiger partial charge in [0.05, 0.1) is 22.8 Å². The number of aromatic nitrogens is 1. The summed E-state index contributed by atoms with van der Waals surface area (Å²) in [5.41, 5.74) is 7.19. The Bertz CT molecular complexity index is 1500. The molecule has 4 heteroatoms. The lowest BCUT2D eigenvalue weighted by Gasteiger charge is -2.40. The monoisotopic (exact) mass is 497 g/mol. The molecule has 188 valence electrons. The van der Waals surface area contributed by atoms with E-state index >= 15 is 0 Å². The van der Waals surface area contributed by atoms with Gasteiger partial charge in [-0.05, 0) is 30.2 Å². The van der Waals surface area contributed by atoms with Gasteiger partial charge < -0.3 is 4.90 Å². The maximum Gasteiger partial charge on any atom is 0.254 e. The Hall–Kier alpha value is -4.28. The molecule has 2 heterocycles. The van der Waals surface area contributed by atoms with Crippen molar-refractivity contribution in [2.45, 2.75) is 13.0 Å². The highest BCUT2D eigenvalue weighted by Crippen LogP contribution is 2.31. The molecule has 0 N–H and O–H groups in total. The quantitative estimate of drug-likeness (QED) is 0.269. The van der Waals surface area contributed by atoms with E-state index in [1.54, 1.807) is 0 Å². The van der Waals surface area contributed by atoms with Crippen molar-refractivity contribution in [2.75, 3.05) is 26.2 Å². The van der Waals surface area contributed by atoms with Crippen molar-refractivity contribution in [1.29, 1.82) is 0 Å². The number of rotatable bonds is 5. The molecule has 1 aromatic heterocycles. The lowest BCUT2D eigenvalue weighted by Crippen LogP contribution is -2.49. The van der Waals surface area contributed by atoms with Gasteiger partial charge in [0.15, 0.2) is 0 Å². The molecule has 1 aliphatic heterocycles. The van der Waals surface area contributed by atoms with E-state index in [-0.39, 0.29) is 11.9 Å². The number of benzene rings is 4. The molecule has 0 spiro atoms. The average Bonchev–Trinajstić information content (AvgIpc) is 2.98. The number of hydrogen-bond donors (Lipinski definition) is 0. The van der Waals surface area contributed by atoms with Crippen LogP contribution in [0.15, 0.2) is 115 Å². The van der Waals surface area contributed by atoms with Gasteiger partial charge in [-0.25, -0.2) is 4.98 Å². The largest absolute Gasteiger partial charge is 0.336 e. The van der Waals surface area contributed by atoms with Gasteiger partial charge in [0.1, 0.15) is 0 Å². The van der Waals surface area contributed by atoms with E-state index in [0.29, 0.717) is 13.1 Å². The smallest absolute Gasteiger partial charge is 0.254 e. The van der Waals surface area contributed by atoms with Crippen molar-refractivity contribution < 1.29 is 4.79 Å². The first kappa shape index (κ1) is 24.1. The van der Waals surface area contributed by atoms with E-state index in [1.165, 1.54) is 16.7 Å². The number of para-hydroxylation sites is 1. The molecule has 4 nitrogen and oxygen atoms in total. The van der Waals surface area contributed by atoms with Crippen LogP contribution < -0.4 is 0 Å². The van der Waals surface area contributed by atoms with E-state index < -0.39 is 0 Å². The molecule has 0 radical (unpaired) electrons. The molecule has 5 aromatic rings. The maximum absolute atomic E-state index is 13.9. The summed E-state index contributed by atoms with van der Waals surface area (Å²) >= 11 is 0. The Labute approximate surface area is 224 Å². The third-order valence-electron chi connectivity index (χ3n) is 7.49. The number of amides is 1. The molecule has 1 amide bonds. The number of piperazine rings is 1. The van der Waals surface area contributed by atoms with E-state index in [0.717, 1.165) is 40.8 Å². The highest BCUT2D eigenvalue weighted by Gasteiger charge is 2.29. The molecule has 1 fully saturated rings. The second kappa shape index (κ2) is 10.6. The number of pyridine rings is 1. The Balaban J connectivity index is 1.28. The summed E-state index contributed by atoms with van der Waals surface area (Å²) in [5.74, 6) is 0.0765. The summed E-state index contributed by atoms with van der Waals surface area (Å²) in [4.78, 5) is 23.3. The summed E-state index contributed by atoms with van der Waals surface area (Å²) in [7, 11) is 0. The van der Waals surface area contributed by atoms with Gasteiger partial charge in [0.2, 0.25) is 0 Å². The molecular weight excluding hydrogens is 466 g/mol. The highest BCUT2D eigenvalue weighted by atomic mass is 16.2. The van der Waals surface area contributed by atoms with E-state index in [4.69, 9.17) is 4.98 Å². The average molecular weight is 498 g/mol. The SMILES string of the molecule is Cc1ccc(-c2cc(C(=O)N3CCN(C(c4ccccc4)c4ccccc4)CC3)c3ccccc3n2)cc1. The van der Waals surface area contributed by atoms with Gasteiger partial charge in [0, 0.05) is 37.1 Å². The standard InChI is InChI=1S/C34H31N3O/c1-25-16-18-26(19-17-25)32-24-30(29-14-8-9-15-31(29)35-32)34(38)37-22-20-36(21-23-37)33(27-10-4-2-5-11-27)28-12-6-3-7-13-28/h2-19,24,33H,20-23H2,1H3. The topological polar surface area (TPSA) is 36.4 Å². The molecule has 38 heavy (non-hydrogen) atoms. The van der Waals surface area contributed by atoms with Gasteiger partial charge in [0.25, 0.3) is 5.91 Å². The molecule has 0 aliphatic carbocycles. The second-order valence-corrected chi connectivity index (χ2v) is 9.99. The van der Waals surface area contributed by atoms with Gasteiger partial charge in [-0.3, -0.25) is 9.69 Å². The number of aryl methyl sites for hydroxylation is 1. The number of nitrogens with zero attached hydrogens (tertiary/aromatic N) is 3. The van der Waals surface area contributed by atoms with Crippen molar-refractivity contribution >= 4 is 16.8 Å².